The average molecular weight is 376 g/mol. The molecule has 0 radical (unpaired) electrons. The van der Waals surface area contributed by atoms with Crippen LogP contribution in [0, 0.1) is 5.41 Å². The molecule has 3 unspecified atom stereocenters. The number of hydrogen-bond acceptors (Lipinski definition) is 5. The molecule has 0 aliphatic heterocycles. The number of benzene rings is 1. The van der Waals surface area contributed by atoms with Gasteiger partial charge in [-0.2, -0.15) is 0 Å². The quantitative estimate of drug-likeness (QED) is 0.787. The fourth-order valence-electron chi connectivity index (χ4n) is 3.01. The smallest absolute Gasteiger partial charge is 0.315 e. The number of hydrogen-bond donors (Lipinski definition) is 1. The lowest BCUT2D eigenvalue weighted by Crippen LogP contribution is -2.33. The first-order valence-corrected chi connectivity index (χ1v) is 9.35. The number of rotatable bonds is 5. The molecule has 0 heterocycles. The standard InChI is InChI=1S/C14H18BrNO4S/c1-3-20-13(17)14(8-16)11(12(14)21(2,18)19)9-4-6-10(15)7-5-9/h4-7,11-12H,3,8,16H2,1-2H3. The molecule has 0 amide bonds. The van der Waals surface area contributed by atoms with E-state index in [1.165, 1.54) is 0 Å². The van der Waals surface area contributed by atoms with E-state index in [-0.39, 0.29) is 13.2 Å². The summed E-state index contributed by atoms with van der Waals surface area (Å²) in [6.45, 7) is 1.84. The molecule has 0 bridgehead atoms. The minimum atomic E-state index is -3.41. The van der Waals surface area contributed by atoms with Crippen molar-refractivity contribution in [2.24, 2.45) is 11.1 Å². The van der Waals surface area contributed by atoms with Crippen LogP contribution in [0.25, 0.3) is 0 Å². The van der Waals surface area contributed by atoms with Gasteiger partial charge in [-0.05, 0) is 24.6 Å². The lowest BCUT2D eigenvalue weighted by atomic mass is 9.99. The second kappa shape index (κ2) is 5.70. The molecule has 0 spiro atoms. The normalized spacial score (nSPS) is 28.2. The summed E-state index contributed by atoms with van der Waals surface area (Å²) in [5.41, 5.74) is 5.39. The highest BCUT2D eigenvalue weighted by atomic mass is 79.9. The zero-order valence-corrected chi connectivity index (χ0v) is 14.3. The van der Waals surface area contributed by atoms with Crippen molar-refractivity contribution in [2.75, 3.05) is 19.4 Å². The van der Waals surface area contributed by atoms with E-state index < -0.39 is 32.4 Å². The number of esters is 1. The van der Waals surface area contributed by atoms with Crippen LogP contribution in [-0.2, 0) is 19.4 Å². The number of nitrogens with two attached hydrogens (primary N) is 1. The first-order valence-electron chi connectivity index (χ1n) is 6.60. The van der Waals surface area contributed by atoms with Gasteiger partial charge in [0.15, 0.2) is 9.84 Å². The van der Waals surface area contributed by atoms with Crippen LogP contribution in [0.4, 0.5) is 0 Å². The highest BCUT2D eigenvalue weighted by molar-refractivity contribution is 9.10. The van der Waals surface area contributed by atoms with Crippen LogP contribution in [0.2, 0.25) is 0 Å². The predicted molar refractivity (Wildman–Crippen MR) is 83.6 cm³/mol. The third kappa shape index (κ3) is 2.74. The van der Waals surface area contributed by atoms with Gasteiger partial charge in [0.1, 0.15) is 5.41 Å². The molecule has 1 aromatic rings. The Balaban J connectivity index is 2.47. The minimum absolute atomic E-state index is 0.0513. The van der Waals surface area contributed by atoms with Crippen LogP contribution < -0.4 is 5.73 Å². The van der Waals surface area contributed by atoms with Gasteiger partial charge in [-0.1, -0.05) is 28.1 Å². The predicted octanol–water partition coefficient (Wildman–Crippen LogP) is 1.47. The van der Waals surface area contributed by atoms with Gasteiger partial charge < -0.3 is 10.5 Å². The molecule has 3 atom stereocenters. The summed E-state index contributed by atoms with van der Waals surface area (Å²) in [5.74, 6) is -0.986. The topological polar surface area (TPSA) is 86.5 Å². The van der Waals surface area contributed by atoms with Gasteiger partial charge in [0, 0.05) is 23.2 Å². The van der Waals surface area contributed by atoms with Crippen molar-refractivity contribution in [2.45, 2.75) is 18.1 Å². The van der Waals surface area contributed by atoms with Crippen LogP contribution in [0.5, 0.6) is 0 Å². The van der Waals surface area contributed by atoms with Crippen LogP contribution in [-0.4, -0.2) is 39.0 Å². The molecule has 21 heavy (non-hydrogen) atoms. The lowest BCUT2D eigenvalue weighted by molar-refractivity contribution is -0.149. The highest BCUT2D eigenvalue weighted by Gasteiger charge is 2.74. The van der Waals surface area contributed by atoms with E-state index in [0.717, 1.165) is 16.3 Å². The molecular formula is C14H18BrNO4S. The molecule has 1 aliphatic carbocycles. The van der Waals surface area contributed by atoms with Crippen molar-refractivity contribution in [1.82, 2.24) is 0 Å². The van der Waals surface area contributed by atoms with Crippen molar-refractivity contribution < 1.29 is 17.9 Å². The summed E-state index contributed by atoms with van der Waals surface area (Å²) in [6, 6.07) is 7.26. The fraction of sp³-hybridized carbons (Fsp3) is 0.500. The Morgan fingerprint density at radius 1 is 1.38 bits per heavy atom. The third-order valence-electron chi connectivity index (χ3n) is 3.94. The SMILES string of the molecule is CCOC(=O)C1(CN)C(c2ccc(Br)cc2)C1S(C)(=O)=O. The maximum atomic E-state index is 12.3. The Morgan fingerprint density at radius 3 is 2.38 bits per heavy atom. The second-order valence-electron chi connectivity index (χ2n) is 5.24. The molecule has 5 nitrogen and oxygen atoms in total. The molecule has 1 aromatic carbocycles. The van der Waals surface area contributed by atoms with Crippen LogP contribution in [0.1, 0.15) is 18.4 Å². The van der Waals surface area contributed by atoms with E-state index in [2.05, 4.69) is 15.9 Å². The first-order chi connectivity index (χ1) is 9.79. The van der Waals surface area contributed by atoms with Crippen LogP contribution >= 0.6 is 15.9 Å². The monoisotopic (exact) mass is 375 g/mol. The summed E-state index contributed by atoms with van der Waals surface area (Å²) < 4.78 is 30.1. The number of ether oxygens (including phenoxy) is 1. The Kier molecular flexibility index (Phi) is 4.46. The van der Waals surface area contributed by atoms with Gasteiger partial charge in [-0.15, -0.1) is 0 Å². The Morgan fingerprint density at radius 2 is 1.95 bits per heavy atom. The van der Waals surface area contributed by atoms with Gasteiger partial charge >= 0.3 is 5.97 Å². The first kappa shape index (κ1) is 16.5. The highest BCUT2D eigenvalue weighted by Crippen LogP contribution is 2.62. The molecule has 0 saturated heterocycles. The van der Waals surface area contributed by atoms with Gasteiger partial charge in [-0.3, -0.25) is 4.79 Å². The molecule has 2 N–H and O–H groups in total. The van der Waals surface area contributed by atoms with E-state index in [9.17, 15) is 13.2 Å². The summed E-state index contributed by atoms with van der Waals surface area (Å²) in [6.07, 6.45) is 1.14. The number of sulfone groups is 1. The third-order valence-corrected chi connectivity index (χ3v) is 6.08. The molecule has 7 heteroatoms. The number of carbonyl (C=O) groups is 1. The van der Waals surface area contributed by atoms with Crippen molar-refractivity contribution in [3.05, 3.63) is 34.3 Å². The van der Waals surface area contributed by atoms with Crippen molar-refractivity contribution in [1.29, 1.82) is 0 Å². The molecule has 1 fully saturated rings. The maximum absolute atomic E-state index is 12.3. The fourth-order valence-corrected chi connectivity index (χ4v) is 5.19. The van der Waals surface area contributed by atoms with E-state index in [4.69, 9.17) is 10.5 Å². The molecule has 1 saturated carbocycles. The molecule has 116 valence electrons. The van der Waals surface area contributed by atoms with Gasteiger partial charge in [0.25, 0.3) is 0 Å². The zero-order valence-electron chi connectivity index (χ0n) is 11.9. The Hall–Kier alpha value is -0.920. The van der Waals surface area contributed by atoms with Crippen LogP contribution in [0.15, 0.2) is 28.7 Å². The summed E-state index contributed by atoms with van der Waals surface area (Å²) in [7, 11) is -3.41. The van der Waals surface area contributed by atoms with E-state index in [0.29, 0.717) is 0 Å². The molecular weight excluding hydrogens is 358 g/mol. The largest absolute Gasteiger partial charge is 0.465 e. The lowest BCUT2D eigenvalue weighted by Gasteiger charge is -2.14. The zero-order chi connectivity index (χ0) is 15.8. The van der Waals surface area contributed by atoms with Gasteiger partial charge in [0.05, 0.1) is 11.9 Å². The second-order valence-corrected chi connectivity index (χ2v) is 8.33. The van der Waals surface area contributed by atoms with Gasteiger partial charge in [-0.25, -0.2) is 8.42 Å². The van der Waals surface area contributed by atoms with E-state index >= 15 is 0 Å². The summed E-state index contributed by atoms with van der Waals surface area (Å²) in [5, 5.41) is -0.824. The molecule has 0 aromatic heterocycles. The Labute approximate surface area is 132 Å². The van der Waals surface area contributed by atoms with E-state index in [1.54, 1.807) is 6.92 Å². The van der Waals surface area contributed by atoms with Gasteiger partial charge in [0.2, 0.25) is 0 Å². The molecule has 2 rings (SSSR count). The number of carbonyl (C=O) groups excluding carboxylic acids is 1. The minimum Gasteiger partial charge on any atom is -0.465 e. The van der Waals surface area contributed by atoms with Crippen molar-refractivity contribution >= 4 is 31.7 Å². The Bertz CT molecular complexity index is 643. The average Bonchev–Trinajstić information content (AvgIpc) is 3.10. The van der Waals surface area contributed by atoms with Crippen molar-refractivity contribution in [3.63, 3.8) is 0 Å². The molecule has 1 aliphatic rings. The van der Waals surface area contributed by atoms with Crippen molar-refractivity contribution in [3.8, 4) is 0 Å². The summed E-state index contributed by atoms with van der Waals surface area (Å²) in [4.78, 5) is 12.3. The van der Waals surface area contributed by atoms with E-state index in [1.807, 2.05) is 24.3 Å². The maximum Gasteiger partial charge on any atom is 0.315 e. The van der Waals surface area contributed by atoms with Crippen LogP contribution in [0.3, 0.4) is 0 Å². The summed E-state index contributed by atoms with van der Waals surface area (Å²) >= 11 is 3.33. The number of halogens is 1.